The molecular weight excluding hydrogens is 226 g/mol. The largest absolute Gasteiger partial charge is 0.306 e. The third-order valence-corrected chi connectivity index (χ3v) is 2.77. The first kappa shape index (κ1) is 13.4. The lowest BCUT2D eigenvalue weighted by Crippen LogP contribution is -2.26. The van der Waals surface area contributed by atoms with E-state index in [9.17, 15) is 0 Å². The molecule has 0 aromatic rings. The minimum absolute atomic E-state index is 0.649. The molecule has 0 N–H and O–H groups in total. The Labute approximate surface area is 92.0 Å². The van der Waals surface area contributed by atoms with E-state index < -0.39 is 0 Å². The van der Waals surface area contributed by atoms with E-state index >= 15 is 0 Å². The van der Waals surface area contributed by atoms with E-state index in [1.165, 1.54) is 32.4 Å². The van der Waals surface area contributed by atoms with Crippen molar-refractivity contribution in [3.05, 3.63) is 0 Å². The Hall–Kier alpha value is 0.440. The highest BCUT2D eigenvalue weighted by Gasteiger charge is 2.06. The summed E-state index contributed by atoms with van der Waals surface area (Å²) in [6.07, 6.45) is 3.91. The number of rotatable bonds is 7. The van der Waals surface area contributed by atoms with Crippen molar-refractivity contribution >= 4 is 15.9 Å². The van der Waals surface area contributed by atoms with E-state index in [4.69, 9.17) is 0 Å². The van der Waals surface area contributed by atoms with Crippen molar-refractivity contribution in [2.24, 2.45) is 5.92 Å². The summed E-state index contributed by atoms with van der Waals surface area (Å²) in [5.74, 6) is 0.848. The van der Waals surface area contributed by atoms with Gasteiger partial charge in [-0.05, 0) is 32.4 Å². The van der Waals surface area contributed by atoms with Crippen LogP contribution in [-0.4, -0.2) is 29.9 Å². The third-order valence-electron chi connectivity index (χ3n) is 2.31. The summed E-state index contributed by atoms with van der Waals surface area (Å²) in [6.45, 7) is 9.27. The first-order chi connectivity index (χ1) is 6.06. The van der Waals surface area contributed by atoms with Gasteiger partial charge in [-0.25, -0.2) is 0 Å². The van der Waals surface area contributed by atoms with Gasteiger partial charge in [-0.1, -0.05) is 43.1 Å². The molecule has 0 aromatic carbocycles. The van der Waals surface area contributed by atoms with E-state index in [1.807, 2.05) is 0 Å². The predicted molar refractivity (Wildman–Crippen MR) is 64.6 cm³/mol. The zero-order chi connectivity index (χ0) is 10.3. The third kappa shape index (κ3) is 8.76. The van der Waals surface area contributed by atoms with Crippen LogP contribution in [-0.2, 0) is 0 Å². The maximum Gasteiger partial charge on any atom is 0.0129 e. The van der Waals surface area contributed by atoms with E-state index in [0.29, 0.717) is 4.83 Å². The minimum atomic E-state index is 0.649. The molecule has 0 saturated heterocycles. The van der Waals surface area contributed by atoms with Gasteiger partial charge in [0, 0.05) is 11.4 Å². The standard InChI is InChI=1S/C11H24BrN/c1-5-6-10(2)9-13(4)8-7-11(3)12/h10-11H,5-9H2,1-4H3. The van der Waals surface area contributed by atoms with Crippen molar-refractivity contribution in [2.45, 2.75) is 44.9 Å². The highest BCUT2D eigenvalue weighted by atomic mass is 79.9. The fraction of sp³-hybridized carbons (Fsp3) is 1.00. The maximum atomic E-state index is 3.57. The second-order valence-corrected chi connectivity index (χ2v) is 5.79. The molecule has 0 bridgehead atoms. The molecule has 0 saturated carbocycles. The summed E-state index contributed by atoms with van der Waals surface area (Å²) in [5, 5.41) is 0. The molecule has 0 aliphatic rings. The smallest absolute Gasteiger partial charge is 0.0129 e. The molecule has 0 spiro atoms. The lowest BCUT2D eigenvalue weighted by atomic mass is 10.1. The predicted octanol–water partition coefficient (Wildman–Crippen LogP) is 3.53. The van der Waals surface area contributed by atoms with Crippen LogP contribution in [0.4, 0.5) is 0 Å². The Morgan fingerprint density at radius 2 is 1.85 bits per heavy atom. The normalized spacial score (nSPS) is 16.2. The molecule has 0 aliphatic heterocycles. The SMILES string of the molecule is CCCC(C)CN(C)CCC(C)Br. The molecule has 0 aromatic heterocycles. The summed E-state index contributed by atoms with van der Waals surface area (Å²) in [6, 6.07) is 0. The van der Waals surface area contributed by atoms with Gasteiger partial charge in [0.1, 0.15) is 0 Å². The van der Waals surface area contributed by atoms with Crippen LogP contribution in [0.25, 0.3) is 0 Å². The van der Waals surface area contributed by atoms with E-state index in [0.717, 1.165) is 5.92 Å². The van der Waals surface area contributed by atoms with Crippen molar-refractivity contribution < 1.29 is 0 Å². The zero-order valence-corrected chi connectivity index (χ0v) is 11.1. The highest BCUT2D eigenvalue weighted by molar-refractivity contribution is 9.09. The van der Waals surface area contributed by atoms with E-state index in [1.54, 1.807) is 0 Å². The number of hydrogen-bond acceptors (Lipinski definition) is 1. The van der Waals surface area contributed by atoms with Crippen molar-refractivity contribution in [1.29, 1.82) is 0 Å². The first-order valence-corrected chi connectivity index (χ1v) is 6.30. The fourth-order valence-corrected chi connectivity index (χ4v) is 1.81. The molecule has 1 nitrogen and oxygen atoms in total. The molecule has 2 unspecified atom stereocenters. The average molecular weight is 250 g/mol. The number of nitrogens with zero attached hydrogens (tertiary/aromatic N) is 1. The van der Waals surface area contributed by atoms with Crippen LogP contribution >= 0.6 is 15.9 Å². The molecule has 2 atom stereocenters. The number of hydrogen-bond donors (Lipinski definition) is 0. The van der Waals surface area contributed by atoms with Gasteiger partial charge in [0.25, 0.3) is 0 Å². The van der Waals surface area contributed by atoms with Crippen molar-refractivity contribution in [3.63, 3.8) is 0 Å². The Balaban J connectivity index is 3.43. The lowest BCUT2D eigenvalue weighted by molar-refractivity contribution is 0.275. The van der Waals surface area contributed by atoms with Crippen molar-refractivity contribution in [2.75, 3.05) is 20.1 Å². The van der Waals surface area contributed by atoms with Crippen LogP contribution in [0, 0.1) is 5.92 Å². The molecule has 2 heteroatoms. The van der Waals surface area contributed by atoms with Crippen molar-refractivity contribution in [1.82, 2.24) is 4.90 Å². The molecule has 80 valence electrons. The Bertz CT molecular complexity index is 115. The van der Waals surface area contributed by atoms with Crippen LogP contribution in [0.3, 0.4) is 0 Å². The van der Waals surface area contributed by atoms with Gasteiger partial charge < -0.3 is 4.90 Å². The summed E-state index contributed by atoms with van der Waals surface area (Å²) in [7, 11) is 2.22. The molecule has 0 aliphatic carbocycles. The molecular formula is C11H24BrN. The molecule has 0 radical (unpaired) electrons. The summed E-state index contributed by atoms with van der Waals surface area (Å²) < 4.78 is 0. The van der Waals surface area contributed by atoms with Gasteiger partial charge >= 0.3 is 0 Å². The number of alkyl halides is 1. The number of halogens is 1. The zero-order valence-electron chi connectivity index (χ0n) is 9.52. The lowest BCUT2D eigenvalue weighted by Gasteiger charge is -2.21. The van der Waals surface area contributed by atoms with Crippen LogP contribution in [0.2, 0.25) is 0 Å². The van der Waals surface area contributed by atoms with Gasteiger partial charge in [0.05, 0.1) is 0 Å². The van der Waals surface area contributed by atoms with E-state index in [2.05, 4.69) is 48.6 Å². The second kappa shape index (κ2) is 7.81. The topological polar surface area (TPSA) is 3.24 Å². The first-order valence-electron chi connectivity index (χ1n) is 5.38. The molecule has 0 amide bonds. The Kier molecular flexibility index (Phi) is 8.07. The molecule has 0 heterocycles. The second-order valence-electron chi connectivity index (χ2n) is 4.23. The van der Waals surface area contributed by atoms with Gasteiger partial charge in [0.15, 0.2) is 0 Å². The van der Waals surface area contributed by atoms with Crippen LogP contribution < -0.4 is 0 Å². The molecule has 0 rings (SSSR count). The highest BCUT2D eigenvalue weighted by Crippen LogP contribution is 2.08. The monoisotopic (exact) mass is 249 g/mol. The fourth-order valence-electron chi connectivity index (χ4n) is 1.61. The van der Waals surface area contributed by atoms with E-state index in [-0.39, 0.29) is 0 Å². The summed E-state index contributed by atoms with van der Waals surface area (Å²) in [5.41, 5.74) is 0. The average Bonchev–Trinajstić information content (AvgIpc) is 2.01. The van der Waals surface area contributed by atoms with Gasteiger partial charge in [-0.15, -0.1) is 0 Å². The quantitative estimate of drug-likeness (QED) is 0.625. The van der Waals surface area contributed by atoms with Crippen LogP contribution in [0.5, 0.6) is 0 Å². The van der Waals surface area contributed by atoms with Gasteiger partial charge in [-0.3, -0.25) is 0 Å². The maximum absolute atomic E-state index is 3.57. The molecule has 13 heavy (non-hydrogen) atoms. The minimum Gasteiger partial charge on any atom is -0.306 e. The van der Waals surface area contributed by atoms with Crippen molar-refractivity contribution in [3.8, 4) is 0 Å². The summed E-state index contributed by atoms with van der Waals surface area (Å²) in [4.78, 5) is 3.09. The van der Waals surface area contributed by atoms with Gasteiger partial charge in [-0.2, -0.15) is 0 Å². The van der Waals surface area contributed by atoms with Crippen LogP contribution in [0.15, 0.2) is 0 Å². The summed E-state index contributed by atoms with van der Waals surface area (Å²) >= 11 is 3.57. The van der Waals surface area contributed by atoms with Crippen LogP contribution in [0.1, 0.15) is 40.0 Å². The Morgan fingerprint density at radius 1 is 1.23 bits per heavy atom. The van der Waals surface area contributed by atoms with Gasteiger partial charge in [0.2, 0.25) is 0 Å². The molecule has 0 fully saturated rings. The Morgan fingerprint density at radius 3 is 2.31 bits per heavy atom.